The Morgan fingerprint density at radius 1 is 1.33 bits per heavy atom. The maximum absolute atomic E-state index is 4.56. The Morgan fingerprint density at radius 2 is 2.19 bits per heavy atom. The van der Waals surface area contributed by atoms with Crippen molar-refractivity contribution < 1.29 is 0 Å². The Bertz CT molecular complexity index is 588. The van der Waals surface area contributed by atoms with E-state index in [0.29, 0.717) is 6.54 Å². The summed E-state index contributed by atoms with van der Waals surface area (Å²) in [4.78, 5) is 14.6. The number of hydrogen-bond acceptors (Lipinski definition) is 5. The second-order valence-electron chi connectivity index (χ2n) is 4.59. The Kier molecular flexibility index (Phi) is 6.13. The molecule has 0 aliphatic heterocycles. The summed E-state index contributed by atoms with van der Waals surface area (Å²) in [6, 6.07) is 0. The smallest absolute Gasteiger partial charge is 0.191 e. The molecule has 0 aromatic carbocycles. The summed E-state index contributed by atoms with van der Waals surface area (Å²) >= 11 is 3.38. The van der Waals surface area contributed by atoms with Crippen LogP contribution in [0.2, 0.25) is 0 Å². The second kappa shape index (κ2) is 8.09. The fourth-order valence-corrected chi connectivity index (χ4v) is 3.15. The van der Waals surface area contributed by atoms with Crippen molar-refractivity contribution in [2.75, 3.05) is 13.1 Å². The second-order valence-corrected chi connectivity index (χ2v) is 6.98. The fraction of sp³-hybridized carbons (Fsp3) is 0.500. The Balaban J connectivity index is 1.83. The zero-order valence-electron chi connectivity index (χ0n) is 12.6. The number of aromatic nitrogens is 2. The van der Waals surface area contributed by atoms with Gasteiger partial charge in [-0.15, -0.1) is 22.7 Å². The minimum Gasteiger partial charge on any atom is -0.357 e. The van der Waals surface area contributed by atoms with Crippen LogP contribution in [-0.4, -0.2) is 29.0 Å². The van der Waals surface area contributed by atoms with Gasteiger partial charge in [-0.05, 0) is 20.8 Å². The molecule has 2 heterocycles. The van der Waals surface area contributed by atoms with Crippen molar-refractivity contribution in [3.63, 3.8) is 0 Å². The monoisotopic (exact) mass is 323 g/mol. The van der Waals surface area contributed by atoms with E-state index in [1.54, 1.807) is 22.7 Å². The molecule has 114 valence electrons. The number of hydrogen-bond donors (Lipinski definition) is 2. The van der Waals surface area contributed by atoms with Crippen LogP contribution in [0.15, 0.2) is 16.6 Å². The third kappa shape index (κ3) is 5.43. The van der Waals surface area contributed by atoms with Crippen LogP contribution in [0.25, 0.3) is 0 Å². The number of thiazole rings is 2. The van der Waals surface area contributed by atoms with E-state index in [9.17, 15) is 0 Å². The lowest BCUT2D eigenvalue weighted by Crippen LogP contribution is -2.38. The molecule has 0 unspecified atom stereocenters. The molecule has 5 nitrogen and oxygen atoms in total. The summed E-state index contributed by atoms with van der Waals surface area (Å²) < 4.78 is 0. The van der Waals surface area contributed by atoms with E-state index in [2.05, 4.69) is 44.8 Å². The van der Waals surface area contributed by atoms with Gasteiger partial charge in [0.15, 0.2) is 5.96 Å². The molecular formula is C14H21N5S2. The molecule has 0 saturated carbocycles. The predicted molar refractivity (Wildman–Crippen MR) is 90.2 cm³/mol. The Labute approximate surface area is 133 Å². The molecule has 2 rings (SSSR count). The van der Waals surface area contributed by atoms with E-state index in [4.69, 9.17) is 0 Å². The van der Waals surface area contributed by atoms with Crippen LogP contribution < -0.4 is 10.6 Å². The maximum atomic E-state index is 4.56. The SMILES string of the molecule is CCNC(=NCc1ncc(C)s1)NCCc1csc(C)n1. The summed E-state index contributed by atoms with van der Waals surface area (Å²) in [5, 5.41) is 10.9. The van der Waals surface area contributed by atoms with Crippen LogP contribution in [0, 0.1) is 13.8 Å². The normalized spacial score (nSPS) is 11.7. The third-order valence-electron chi connectivity index (χ3n) is 2.73. The third-order valence-corrected chi connectivity index (χ3v) is 4.45. The average Bonchev–Trinajstić information content (AvgIpc) is 3.05. The quantitative estimate of drug-likeness (QED) is 0.633. The van der Waals surface area contributed by atoms with Crippen molar-refractivity contribution in [1.82, 2.24) is 20.6 Å². The first-order chi connectivity index (χ1) is 10.2. The van der Waals surface area contributed by atoms with Gasteiger partial charge >= 0.3 is 0 Å². The maximum Gasteiger partial charge on any atom is 0.191 e. The van der Waals surface area contributed by atoms with Gasteiger partial charge in [0.2, 0.25) is 0 Å². The highest BCUT2D eigenvalue weighted by atomic mass is 32.1. The van der Waals surface area contributed by atoms with Gasteiger partial charge in [-0.25, -0.2) is 15.0 Å². The molecule has 7 heteroatoms. The van der Waals surface area contributed by atoms with Gasteiger partial charge in [-0.1, -0.05) is 0 Å². The number of rotatable bonds is 6. The van der Waals surface area contributed by atoms with E-state index >= 15 is 0 Å². The molecular weight excluding hydrogens is 302 g/mol. The summed E-state index contributed by atoms with van der Waals surface area (Å²) in [7, 11) is 0. The summed E-state index contributed by atoms with van der Waals surface area (Å²) in [5.41, 5.74) is 1.14. The Morgan fingerprint density at radius 3 is 2.81 bits per heavy atom. The van der Waals surface area contributed by atoms with Crippen LogP contribution in [-0.2, 0) is 13.0 Å². The molecule has 0 fully saturated rings. The average molecular weight is 323 g/mol. The van der Waals surface area contributed by atoms with E-state index < -0.39 is 0 Å². The molecule has 0 aliphatic rings. The van der Waals surface area contributed by atoms with Gasteiger partial charge in [0.25, 0.3) is 0 Å². The van der Waals surface area contributed by atoms with Crippen molar-refractivity contribution in [1.29, 1.82) is 0 Å². The minimum absolute atomic E-state index is 0.615. The molecule has 0 saturated heterocycles. The zero-order chi connectivity index (χ0) is 15.1. The van der Waals surface area contributed by atoms with E-state index in [-0.39, 0.29) is 0 Å². The topological polar surface area (TPSA) is 62.2 Å². The van der Waals surface area contributed by atoms with E-state index in [1.165, 1.54) is 4.88 Å². The first kappa shape index (κ1) is 15.9. The summed E-state index contributed by atoms with van der Waals surface area (Å²) in [5.74, 6) is 0.831. The minimum atomic E-state index is 0.615. The largest absolute Gasteiger partial charge is 0.357 e. The fourth-order valence-electron chi connectivity index (χ4n) is 1.80. The van der Waals surface area contributed by atoms with Gasteiger partial charge in [0.1, 0.15) is 5.01 Å². The van der Waals surface area contributed by atoms with Crippen LogP contribution in [0.3, 0.4) is 0 Å². The van der Waals surface area contributed by atoms with Crippen LogP contribution in [0.5, 0.6) is 0 Å². The Hall–Kier alpha value is -1.47. The highest BCUT2D eigenvalue weighted by molar-refractivity contribution is 7.11. The lowest BCUT2D eigenvalue weighted by atomic mass is 10.3. The molecule has 0 bridgehead atoms. The van der Waals surface area contributed by atoms with Crippen molar-refractivity contribution in [3.8, 4) is 0 Å². The van der Waals surface area contributed by atoms with Gasteiger partial charge in [-0.2, -0.15) is 0 Å². The molecule has 2 aromatic heterocycles. The highest BCUT2D eigenvalue weighted by Crippen LogP contribution is 2.11. The summed E-state index contributed by atoms with van der Waals surface area (Å²) in [6.45, 7) is 8.44. The van der Waals surface area contributed by atoms with Crippen molar-refractivity contribution in [2.24, 2.45) is 4.99 Å². The van der Waals surface area contributed by atoms with Gasteiger partial charge in [0, 0.05) is 36.0 Å². The first-order valence-electron chi connectivity index (χ1n) is 7.02. The van der Waals surface area contributed by atoms with Crippen LogP contribution in [0.1, 0.15) is 27.5 Å². The van der Waals surface area contributed by atoms with Gasteiger partial charge in [0.05, 0.1) is 17.2 Å². The lowest BCUT2D eigenvalue weighted by molar-refractivity contribution is 0.789. The number of nitrogens with zero attached hydrogens (tertiary/aromatic N) is 3. The predicted octanol–water partition coefficient (Wildman–Crippen LogP) is 2.51. The number of guanidine groups is 1. The number of aliphatic imine (C=N–C) groups is 1. The van der Waals surface area contributed by atoms with Crippen LogP contribution >= 0.6 is 22.7 Å². The number of aryl methyl sites for hydroxylation is 2. The number of nitrogens with one attached hydrogen (secondary N) is 2. The molecule has 0 spiro atoms. The van der Waals surface area contributed by atoms with Crippen LogP contribution in [0.4, 0.5) is 0 Å². The molecule has 0 aliphatic carbocycles. The van der Waals surface area contributed by atoms with Crippen molar-refractivity contribution in [2.45, 2.75) is 33.7 Å². The molecule has 0 radical (unpaired) electrons. The van der Waals surface area contributed by atoms with Crippen molar-refractivity contribution >= 4 is 28.6 Å². The van der Waals surface area contributed by atoms with Gasteiger partial charge < -0.3 is 10.6 Å². The molecule has 2 N–H and O–H groups in total. The molecule has 2 aromatic rings. The van der Waals surface area contributed by atoms with Crippen molar-refractivity contribution in [3.05, 3.63) is 32.2 Å². The molecule has 0 atom stereocenters. The molecule has 21 heavy (non-hydrogen) atoms. The standard InChI is InChI=1S/C14H21N5S2/c1-4-15-14(18-8-13-17-7-10(2)21-13)16-6-5-12-9-20-11(3)19-12/h7,9H,4-6,8H2,1-3H3,(H2,15,16,18). The zero-order valence-corrected chi connectivity index (χ0v) is 14.3. The van der Waals surface area contributed by atoms with E-state index in [0.717, 1.165) is 41.2 Å². The first-order valence-corrected chi connectivity index (χ1v) is 8.71. The molecule has 0 amide bonds. The summed E-state index contributed by atoms with van der Waals surface area (Å²) in [6.07, 6.45) is 2.80. The van der Waals surface area contributed by atoms with E-state index in [1.807, 2.05) is 13.1 Å². The lowest BCUT2D eigenvalue weighted by Gasteiger charge is -2.10. The highest BCUT2D eigenvalue weighted by Gasteiger charge is 2.02. The van der Waals surface area contributed by atoms with Gasteiger partial charge in [-0.3, -0.25) is 0 Å².